The number of nitrogens with one attached hydrogen (secondary N) is 7. The number of carbonyl (C=O) groups excluding carboxylic acids is 8. The van der Waals surface area contributed by atoms with Crippen LogP contribution in [-0.2, 0) is 47.9 Å². The van der Waals surface area contributed by atoms with Crippen LogP contribution in [-0.4, -0.2) is 148 Å². The Labute approximate surface area is 419 Å². The molecule has 1 aliphatic rings. The van der Waals surface area contributed by atoms with E-state index in [9.17, 15) is 63.3 Å². The van der Waals surface area contributed by atoms with Crippen LogP contribution >= 0.6 is 0 Å². The van der Waals surface area contributed by atoms with E-state index in [0.29, 0.717) is 32.2 Å². The maximum atomic E-state index is 13.6. The molecule has 6 atom stereocenters. The maximum absolute atomic E-state index is 13.6. The van der Waals surface area contributed by atoms with Crippen LogP contribution in [0.3, 0.4) is 0 Å². The minimum Gasteiger partial charge on any atom is -0.481 e. The lowest BCUT2D eigenvalue weighted by atomic mass is 10.0. The van der Waals surface area contributed by atoms with E-state index in [4.69, 9.17) is 5.73 Å². The molecule has 406 valence electrons. The van der Waals surface area contributed by atoms with Gasteiger partial charge in [0.2, 0.25) is 47.3 Å². The molecule has 1 rings (SSSR count). The summed E-state index contributed by atoms with van der Waals surface area (Å²) < 4.78 is 0. The van der Waals surface area contributed by atoms with E-state index < -0.39 is 116 Å². The largest absolute Gasteiger partial charge is 0.481 e. The first-order chi connectivity index (χ1) is 33.9. The van der Waals surface area contributed by atoms with Crippen LogP contribution in [0.5, 0.6) is 0 Å². The number of likely N-dealkylation sites (tertiary alicyclic amines) is 1. The third kappa shape index (κ3) is 30.2. The van der Waals surface area contributed by atoms with Gasteiger partial charge in [0.15, 0.2) is 0 Å². The number of aliphatic hydroxyl groups excluding tert-OH is 1. The van der Waals surface area contributed by atoms with Crippen molar-refractivity contribution >= 4 is 59.2 Å². The number of hydrogen-bond acceptors (Lipinski definition) is 12. The Bertz CT molecular complexity index is 1670. The fraction of sp³-hybridized carbons (Fsp3) is 0.796. The van der Waals surface area contributed by atoms with Gasteiger partial charge in [0.05, 0.1) is 31.7 Å². The lowest BCUT2D eigenvalue weighted by Crippen LogP contribution is -2.58. The number of amides is 8. The average molecular weight is 1010 g/mol. The first-order valence-corrected chi connectivity index (χ1v) is 26.0. The second kappa shape index (κ2) is 38.3. The fourth-order valence-electron chi connectivity index (χ4n) is 7.99. The summed E-state index contributed by atoms with van der Waals surface area (Å²) in [5.41, 5.74) is 5.61. The van der Waals surface area contributed by atoms with Gasteiger partial charge in [0, 0.05) is 32.4 Å². The van der Waals surface area contributed by atoms with Crippen LogP contribution in [0.4, 0.5) is 0 Å². The first kappa shape index (κ1) is 63.6. The predicted molar refractivity (Wildman–Crippen MR) is 265 cm³/mol. The van der Waals surface area contributed by atoms with E-state index >= 15 is 0 Å². The number of carbonyl (C=O) groups is 10. The lowest BCUT2D eigenvalue weighted by Gasteiger charge is -2.29. The van der Waals surface area contributed by atoms with Crippen LogP contribution in [0.2, 0.25) is 0 Å². The molecule has 22 heteroatoms. The number of carboxylic acids is 2. The highest BCUT2D eigenvalue weighted by Crippen LogP contribution is 2.20. The van der Waals surface area contributed by atoms with Gasteiger partial charge in [-0.15, -0.1) is 0 Å². The highest BCUT2D eigenvalue weighted by atomic mass is 16.4. The number of carboxylic acid groups (broad SMARTS) is 2. The molecule has 0 aromatic heterocycles. The second-order valence-electron chi connectivity index (χ2n) is 18.6. The summed E-state index contributed by atoms with van der Waals surface area (Å²) in [6, 6.07) is -5.97. The van der Waals surface area contributed by atoms with Crippen LogP contribution in [0, 0.1) is 0 Å². The Morgan fingerprint density at radius 3 is 1.69 bits per heavy atom. The molecule has 22 nitrogen and oxygen atoms in total. The summed E-state index contributed by atoms with van der Waals surface area (Å²) in [5, 5.41) is 45.9. The van der Waals surface area contributed by atoms with Crippen molar-refractivity contribution in [1.82, 2.24) is 42.1 Å². The van der Waals surface area contributed by atoms with Crippen molar-refractivity contribution in [3.8, 4) is 0 Å². The van der Waals surface area contributed by atoms with E-state index in [1.54, 1.807) is 0 Å². The van der Waals surface area contributed by atoms with Crippen molar-refractivity contribution in [2.24, 2.45) is 5.73 Å². The number of nitrogens with zero attached hydrogens (tertiary/aromatic N) is 1. The summed E-state index contributed by atoms with van der Waals surface area (Å²) in [6.45, 7) is 4.28. The third-order valence-electron chi connectivity index (χ3n) is 12.4. The van der Waals surface area contributed by atoms with Gasteiger partial charge in [-0.2, -0.15) is 0 Å². The first-order valence-electron chi connectivity index (χ1n) is 26.0. The molecular weight excluding hydrogens is 923 g/mol. The van der Waals surface area contributed by atoms with E-state index in [2.05, 4.69) is 44.1 Å². The smallest absolute Gasteiger partial charge is 0.305 e. The SMILES string of the molecule is CCCCCCCCCCCCCCCCCC(=O)NCCC(=O)N[C@@H](CCCCN)C(=O)NCC(=O)NCC(=O)N[C@@H](CC(=O)O)C(=O)N1CCC[C@H]1C(=O)N[C@@H](CCC(=O)O)C(=O)N[C@H](C)C(C)O. The zero-order valence-electron chi connectivity index (χ0n) is 42.6. The van der Waals surface area contributed by atoms with Crippen molar-refractivity contribution in [3.05, 3.63) is 0 Å². The number of hydrogen-bond donors (Lipinski definition) is 11. The summed E-state index contributed by atoms with van der Waals surface area (Å²) in [7, 11) is 0. The Morgan fingerprint density at radius 2 is 1.13 bits per heavy atom. The van der Waals surface area contributed by atoms with Gasteiger partial charge < -0.3 is 63.2 Å². The standard InChI is InChI=1S/C49H87N9O13/c1-4-5-6-7-8-9-10-11-12-13-14-15-16-17-18-24-40(60)51-29-27-41(61)55-36(22-19-20-28-50)46(68)53-32-42(62)52-33-43(63)56-38(31-45(66)67)49(71)58-30-21-23-39(58)48(70)57-37(25-26-44(64)65)47(69)54-34(2)35(3)59/h34-39,59H,4-33,50H2,1-3H3,(H,51,60)(H,52,62)(H,53,68)(H,54,69)(H,55,61)(H,56,63)(H,57,70)(H,64,65)(H,66,67)/t34-,35?,36+,37+,38+,39+/m1/s1. The fourth-order valence-corrected chi connectivity index (χ4v) is 7.99. The van der Waals surface area contributed by atoms with Gasteiger partial charge in [0.1, 0.15) is 24.2 Å². The Balaban J connectivity index is 2.58. The van der Waals surface area contributed by atoms with Crippen molar-refractivity contribution in [3.63, 3.8) is 0 Å². The molecule has 0 bridgehead atoms. The molecule has 8 amide bonds. The number of unbranched alkanes of at least 4 members (excludes halogenated alkanes) is 15. The molecular formula is C49H87N9O13. The summed E-state index contributed by atoms with van der Waals surface area (Å²) in [5.74, 6) is -8.28. The summed E-state index contributed by atoms with van der Waals surface area (Å²) >= 11 is 0. The van der Waals surface area contributed by atoms with Gasteiger partial charge in [0.25, 0.3) is 0 Å². The zero-order valence-corrected chi connectivity index (χ0v) is 42.6. The Morgan fingerprint density at radius 1 is 0.563 bits per heavy atom. The number of aliphatic carboxylic acids is 2. The van der Waals surface area contributed by atoms with E-state index in [0.717, 1.165) is 30.6 Å². The molecule has 0 spiro atoms. The van der Waals surface area contributed by atoms with Crippen molar-refractivity contribution in [1.29, 1.82) is 0 Å². The van der Waals surface area contributed by atoms with E-state index in [-0.39, 0.29) is 44.7 Å². The van der Waals surface area contributed by atoms with Crippen LogP contribution in [0.1, 0.15) is 181 Å². The molecule has 0 saturated carbocycles. The molecule has 1 fully saturated rings. The average Bonchev–Trinajstić information content (AvgIpc) is 3.82. The minimum atomic E-state index is -1.67. The zero-order chi connectivity index (χ0) is 53.0. The normalized spacial score (nSPS) is 15.3. The van der Waals surface area contributed by atoms with E-state index in [1.807, 2.05) is 0 Å². The lowest BCUT2D eigenvalue weighted by molar-refractivity contribution is -0.146. The minimum absolute atomic E-state index is 0.00572. The predicted octanol–water partition coefficient (Wildman–Crippen LogP) is 1.79. The molecule has 1 saturated heterocycles. The molecule has 1 aliphatic heterocycles. The summed E-state index contributed by atoms with van der Waals surface area (Å²) in [4.78, 5) is 128. The van der Waals surface area contributed by atoms with Gasteiger partial charge >= 0.3 is 11.9 Å². The van der Waals surface area contributed by atoms with Gasteiger partial charge in [-0.1, -0.05) is 96.8 Å². The van der Waals surface area contributed by atoms with Crippen LogP contribution < -0.4 is 43.0 Å². The molecule has 0 radical (unpaired) electrons. The van der Waals surface area contributed by atoms with Crippen molar-refractivity contribution in [2.75, 3.05) is 32.7 Å². The quantitative estimate of drug-likeness (QED) is 0.0389. The molecule has 0 aromatic carbocycles. The summed E-state index contributed by atoms with van der Waals surface area (Å²) in [6.07, 6.45) is 17.8. The highest BCUT2D eigenvalue weighted by Gasteiger charge is 2.40. The topological polar surface area (TPSA) is 345 Å². The highest BCUT2D eigenvalue weighted by molar-refractivity contribution is 5.97. The molecule has 0 aromatic rings. The second-order valence-corrected chi connectivity index (χ2v) is 18.6. The Kier molecular flexibility index (Phi) is 34.3. The maximum Gasteiger partial charge on any atom is 0.305 e. The van der Waals surface area contributed by atoms with Crippen molar-refractivity contribution < 1.29 is 63.3 Å². The monoisotopic (exact) mass is 1010 g/mol. The molecule has 1 unspecified atom stereocenters. The number of rotatable bonds is 41. The van der Waals surface area contributed by atoms with Gasteiger partial charge in [-0.25, -0.2) is 0 Å². The molecule has 0 aliphatic carbocycles. The molecule has 71 heavy (non-hydrogen) atoms. The van der Waals surface area contributed by atoms with Gasteiger partial charge in [-0.3, -0.25) is 47.9 Å². The van der Waals surface area contributed by atoms with Crippen LogP contribution in [0.25, 0.3) is 0 Å². The van der Waals surface area contributed by atoms with Gasteiger partial charge in [-0.05, 0) is 65.3 Å². The van der Waals surface area contributed by atoms with E-state index in [1.165, 1.54) is 84.5 Å². The number of nitrogens with two attached hydrogens (primary N) is 1. The number of aliphatic hydroxyl groups is 1. The molecule has 1 heterocycles. The Hall–Kier alpha value is -5.38. The molecule has 12 N–H and O–H groups in total. The van der Waals surface area contributed by atoms with Crippen molar-refractivity contribution in [2.45, 2.75) is 218 Å². The third-order valence-corrected chi connectivity index (χ3v) is 12.4. The van der Waals surface area contributed by atoms with Crippen LogP contribution in [0.15, 0.2) is 0 Å².